The summed E-state index contributed by atoms with van der Waals surface area (Å²) in [5.41, 5.74) is 1.28. The van der Waals surface area contributed by atoms with Gasteiger partial charge in [-0.2, -0.15) is 0 Å². The Kier molecular flexibility index (Phi) is 0.810. The molecule has 1 aliphatic carbocycles. The van der Waals surface area contributed by atoms with Gasteiger partial charge in [0, 0.05) is 0 Å². The number of hydrogen-bond acceptors (Lipinski definition) is 1. The third-order valence-electron chi connectivity index (χ3n) is 1.64. The minimum atomic E-state index is 0.319. The van der Waals surface area contributed by atoms with Gasteiger partial charge < -0.3 is 4.74 Å². The molecule has 1 heterocycles. The van der Waals surface area contributed by atoms with Gasteiger partial charge in [-0.05, 0) is 18.6 Å². The zero-order valence-corrected chi connectivity index (χ0v) is 5.29. The summed E-state index contributed by atoms with van der Waals surface area (Å²) in [5, 5.41) is 0. The standard InChI is InChI=1S/C8H8O/c1-2-6-4-3-5-7-8(6)9-7/h2-5,8H,1H3. The second-order valence-corrected chi connectivity index (χ2v) is 2.21. The van der Waals surface area contributed by atoms with Crippen LogP contribution in [-0.2, 0) is 4.74 Å². The largest absolute Gasteiger partial charge is 0.478 e. The van der Waals surface area contributed by atoms with Crippen LogP contribution in [-0.4, -0.2) is 6.10 Å². The van der Waals surface area contributed by atoms with Crippen molar-refractivity contribution in [1.82, 2.24) is 0 Å². The monoisotopic (exact) mass is 120 g/mol. The Morgan fingerprint density at radius 2 is 2.56 bits per heavy atom. The quantitative estimate of drug-likeness (QED) is 0.444. The topological polar surface area (TPSA) is 12.5 Å². The second-order valence-electron chi connectivity index (χ2n) is 2.21. The fourth-order valence-corrected chi connectivity index (χ4v) is 1.05. The Morgan fingerprint density at radius 3 is 3.22 bits per heavy atom. The average molecular weight is 120 g/mol. The molecule has 0 radical (unpaired) electrons. The zero-order chi connectivity index (χ0) is 6.27. The number of hydrogen-bond donors (Lipinski definition) is 0. The lowest BCUT2D eigenvalue weighted by Crippen LogP contribution is -1.88. The zero-order valence-electron chi connectivity index (χ0n) is 5.29. The molecule has 0 aromatic rings. The minimum absolute atomic E-state index is 0.319. The molecule has 1 heteroatoms. The maximum Gasteiger partial charge on any atom is 0.180 e. The molecule has 0 aromatic heterocycles. The Morgan fingerprint density at radius 1 is 1.67 bits per heavy atom. The predicted molar refractivity (Wildman–Crippen MR) is 35.9 cm³/mol. The highest BCUT2D eigenvalue weighted by Gasteiger charge is 2.35. The van der Waals surface area contributed by atoms with Gasteiger partial charge in [0.05, 0.1) is 0 Å². The van der Waals surface area contributed by atoms with Crippen molar-refractivity contribution < 1.29 is 4.74 Å². The van der Waals surface area contributed by atoms with Crippen LogP contribution in [0.15, 0.2) is 35.6 Å². The Bertz CT molecular complexity index is 221. The molecule has 1 aliphatic heterocycles. The van der Waals surface area contributed by atoms with Crippen LogP contribution in [0.25, 0.3) is 0 Å². The average Bonchev–Trinajstić information content (AvgIpc) is 2.64. The Hall–Kier alpha value is -0.980. The lowest BCUT2D eigenvalue weighted by molar-refractivity contribution is 0.460. The number of allylic oxidation sites excluding steroid dienone is 3. The van der Waals surface area contributed by atoms with Crippen molar-refractivity contribution in [2.24, 2.45) is 0 Å². The summed E-state index contributed by atoms with van der Waals surface area (Å²) < 4.78 is 5.21. The second kappa shape index (κ2) is 1.50. The molecule has 0 spiro atoms. The van der Waals surface area contributed by atoms with Crippen LogP contribution in [0.4, 0.5) is 0 Å². The van der Waals surface area contributed by atoms with Gasteiger partial charge >= 0.3 is 0 Å². The molecule has 0 aromatic carbocycles. The summed E-state index contributed by atoms with van der Waals surface area (Å²) in [7, 11) is 0. The fourth-order valence-electron chi connectivity index (χ4n) is 1.05. The van der Waals surface area contributed by atoms with Crippen LogP contribution in [0.1, 0.15) is 6.92 Å². The molecule has 0 N–H and O–H groups in total. The molecule has 1 fully saturated rings. The van der Waals surface area contributed by atoms with E-state index in [4.69, 9.17) is 4.74 Å². The lowest BCUT2D eigenvalue weighted by Gasteiger charge is -1.91. The van der Waals surface area contributed by atoms with Gasteiger partial charge in [-0.25, -0.2) is 0 Å². The first-order chi connectivity index (χ1) is 4.42. The molecule has 0 saturated carbocycles. The molecule has 9 heavy (non-hydrogen) atoms. The Labute approximate surface area is 54.3 Å². The minimum Gasteiger partial charge on any atom is -0.478 e. The van der Waals surface area contributed by atoms with Crippen molar-refractivity contribution in [1.29, 1.82) is 0 Å². The molecule has 0 amide bonds. The van der Waals surface area contributed by atoms with Crippen LogP contribution < -0.4 is 0 Å². The van der Waals surface area contributed by atoms with Gasteiger partial charge in [0.1, 0.15) is 5.76 Å². The van der Waals surface area contributed by atoms with Crippen molar-refractivity contribution in [3.05, 3.63) is 35.6 Å². The predicted octanol–water partition coefficient (Wildman–Crippen LogP) is 1.79. The smallest absolute Gasteiger partial charge is 0.180 e. The number of epoxide rings is 1. The highest BCUT2D eigenvalue weighted by Crippen LogP contribution is 2.36. The van der Waals surface area contributed by atoms with Gasteiger partial charge in [0.25, 0.3) is 0 Å². The van der Waals surface area contributed by atoms with E-state index in [1.807, 2.05) is 19.1 Å². The maximum absolute atomic E-state index is 5.21. The van der Waals surface area contributed by atoms with Crippen molar-refractivity contribution in [2.75, 3.05) is 0 Å². The van der Waals surface area contributed by atoms with Crippen LogP contribution in [0.5, 0.6) is 0 Å². The van der Waals surface area contributed by atoms with Crippen LogP contribution in [0, 0.1) is 0 Å². The highest BCUT2D eigenvalue weighted by atomic mass is 16.6. The summed E-state index contributed by atoms with van der Waals surface area (Å²) in [4.78, 5) is 0. The van der Waals surface area contributed by atoms with Crippen LogP contribution in [0.3, 0.4) is 0 Å². The number of rotatable bonds is 0. The molecule has 1 atom stereocenters. The maximum atomic E-state index is 5.21. The fraction of sp³-hybridized carbons (Fsp3) is 0.250. The van der Waals surface area contributed by atoms with E-state index in [0.29, 0.717) is 6.10 Å². The van der Waals surface area contributed by atoms with E-state index in [9.17, 15) is 0 Å². The lowest BCUT2D eigenvalue weighted by atomic mass is 10.1. The van der Waals surface area contributed by atoms with Crippen molar-refractivity contribution in [3.63, 3.8) is 0 Å². The third-order valence-corrected chi connectivity index (χ3v) is 1.64. The van der Waals surface area contributed by atoms with Gasteiger partial charge in [-0.1, -0.05) is 18.2 Å². The molecule has 1 saturated heterocycles. The molecule has 2 aliphatic rings. The molecule has 1 nitrogen and oxygen atoms in total. The first kappa shape index (κ1) is 4.86. The summed E-state index contributed by atoms with van der Waals surface area (Å²) >= 11 is 0. The summed E-state index contributed by atoms with van der Waals surface area (Å²) in [6, 6.07) is 0. The van der Waals surface area contributed by atoms with E-state index in [2.05, 4.69) is 12.2 Å². The van der Waals surface area contributed by atoms with E-state index in [1.165, 1.54) is 5.57 Å². The molecule has 2 rings (SSSR count). The number of fused-ring (bicyclic) bond motifs is 1. The van der Waals surface area contributed by atoms with E-state index in [-0.39, 0.29) is 0 Å². The van der Waals surface area contributed by atoms with Crippen molar-refractivity contribution in [3.8, 4) is 0 Å². The van der Waals surface area contributed by atoms with Gasteiger partial charge in [-0.15, -0.1) is 0 Å². The summed E-state index contributed by atoms with van der Waals surface area (Å²) in [6.45, 7) is 2.03. The Balaban J connectivity index is 2.34. The van der Waals surface area contributed by atoms with Gasteiger partial charge in [0.2, 0.25) is 0 Å². The highest BCUT2D eigenvalue weighted by molar-refractivity contribution is 5.43. The molecular weight excluding hydrogens is 112 g/mol. The van der Waals surface area contributed by atoms with Gasteiger partial charge in [-0.3, -0.25) is 0 Å². The SMILES string of the molecule is CC=C1C=CC=C2OC12. The normalized spacial score (nSPS) is 33.2. The van der Waals surface area contributed by atoms with Crippen molar-refractivity contribution >= 4 is 0 Å². The van der Waals surface area contributed by atoms with E-state index >= 15 is 0 Å². The van der Waals surface area contributed by atoms with Crippen molar-refractivity contribution in [2.45, 2.75) is 13.0 Å². The first-order valence-corrected chi connectivity index (χ1v) is 3.13. The summed E-state index contributed by atoms with van der Waals surface area (Å²) in [6.07, 6.45) is 8.52. The molecule has 0 bridgehead atoms. The van der Waals surface area contributed by atoms with E-state index in [1.54, 1.807) is 0 Å². The van der Waals surface area contributed by atoms with Gasteiger partial charge in [0.15, 0.2) is 6.10 Å². The third kappa shape index (κ3) is 0.611. The molecule has 1 unspecified atom stereocenters. The summed E-state index contributed by atoms with van der Waals surface area (Å²) in [5.74, 6) is 1.12. The first-order valence-electron chi connectivity index (χ1n) is 3.13. The molecular formula is C8H8O. The van der Waals surface area contributed by atoms with Crippen LogP contribution >= 0.6 is 0 Å². The number of ether oxygens (including phenoxy) is 1. The van der Waals surface area contributed by atoms with E-state index < -0.39 is 0 Å². The van der Waals surface area contributed by atoms with Crippen LogP contribution in [0.2, 0.25) is 0 Å². The molecule has 46 valence electrons. The van der Waals surface area contributed by atoms with E-state index in [0.717, 1.165) is 5.76 Å².